The van der Waals surface area contributed by atoms with Crippen LogP contribution in [0.3, 0.4) is 0 Å². The summed E-state index contributed by atoms with van der Waals surface area (Å²) in [5, 5.41) is 10.3. The van der Waals surface area contributed by atoms with Gasteiger partial charge in [-0.05, 0) is 72.9 Å². The molecule has 0 radical (unpaired) electrons. The van der Waals surface area contributed by atoms with Crippen molar-refractivity contribution in [2.75, 3.05) is 27.3 Å². The summed E-state index contributed by atoms with van der Waals surface area (Å²) in [5.41, 5.74) is 6.42. The van der Waals surface area contributed by atoms with Gasteiger partial charge in [0, 0.05) is 18.7 Å². The van der Waals surface area contributed by atoms with Gasteiger partial charge in [0.1, 0.15) is 17.7 Å². The number of H-pyrrole nitrogens is 2. The lowest BCUT2D eigenvalue weighted by atomic mass is 10.0. The summed E-state index contributed by atoms with van der Waals surface area (Å²) in [6, 6.07) is 30.9. The van der Waals surface area contributed by atoms with Crippen molar-refractivity contribution in [3.63, 3.8) is 0 Å². The van der Waals surface area contributed by atoms with Crippen LogP contribution in [-0.4, -0.2) is 86.6 Å². The average Bonchev–Trinajstić information content (AvgIpc) is 4.13. The molecule has 3 amide bonds. The van der Waals surface area contributed by atoms with Gasteiger partial charge in [-0.2, -0.15) is 9.99 Å². The Morgan fingerprint density at radius 2 is 1.45 bits per heavy atom. The molecule has 0 saturated carbocycles. The van der Waals surface area contributed by atoms with E-state index in [0.29, 0.717) is 30.3 Å². The van der Waals surface area contributed by atoms with Gasteiger partial charge >= 0.3 is 6.09 Å². The van der Waals surface area contributed by atoms with Gasteiger partial charge in [-0.25, -0.2) is 19.8 Å². The number of fused-ring (bicyclic) bond motifs is 1. The van der Waals surface area contributed by atoms with Gasteiger partial charge in [-0.3, -0.25) is 14.7 Å². The molecule has 15 nitrogen and oxygen atoms in total. The van der Waals surface area contributed by atoms with E-state index in [2.05, 4.69) is 60.7 Å². The topological polar surface area (TPSA) is 180 Å². The van der Waals surface area contributed by atoms with E-state index in [1.807, 2.05) is 77.7 Å². The van der Waals surface area contributed by atoms with Crippen molar-refractivity contribution in [3.05, 3.63) is 137 Å². The number of nitrogens with one attached hydrogen (secondary N) is 3. The molecule has 0 bridgehead atoms. The number of aliphatic imine (C=N–C) groups is 1. The van der Waals surface area contributed by atoms with Crippen LogP contribution in [0.1, 0.15) is 83.8 Å². The summed E-state index contributed by atoms with van der Waals surface area (Å²) >= 11 is 0. The molecule has 15 heteroatoms. The molecule has 3 N–H and O–H groups in total. The lowest BCUT2D eigenvalue weighted by Gasteiger charge is -2.28. The van der Waals surface area contributed by atoms with Crippen molar-refractivity contribution in [2.45, 2.75) is 62.7 Å². The van der Waals surface area contributed by atoms with Gasteiger partial charge in [0.05, 0.1) is 37.3 Å². The normalized spacial score (nSPS) is 17.6. The van der Waals surface area contributed by atoms with Gasteiger partial charge in [0.2, 0.25) is 6.40 Å². The summed E-state index contributed by atoms with van der Waals surface area (Å²) in [6.07, 6.45) is 5.31. The standard InChI is InChI=1S/C45H47N9O6/c1-58-45(57)49-39(32-13-7-4-8-14-32)44(56)54-26-10-16-37(54)42-50-40(51-52-42)33-22-19-29(20-23-33)17-18-30-21-24-34-35(27-30)48-41(47-34)36-15-9-25-53(36)43(55)38(46-28-60-59-2)31-11-5-3-6-12-31/h3-8,11-14,19-24,27-28,36-39H,9-10,15-18,25-26H2,1-2H3,(H,47,48)(H,49,57)(H,50,51,52)/b46-28-/t36-,37-,38+,39+/m0/s1. The molecule has 2 aromatic heterocycles. The number of ether oxygens (including phenoxy) is 1. The van der Waals surface area contributed by atoms with Gasteiger partial charge in [0.25, 0.3) is 11.8 Å². The van der Waals surface area contributed by atoms with Crippen molar-refractivity contribution in [1.29, 1.82) is 0 Å². The minimum absolute atomic E-state index is 0.119. The third-order valence-electron chi connectivity index (χ3n) is 11.2. The number of aromatic nitrogens is 5. The lowest BCUT2D eigenvalue weighted by molar-refractivity contribution is -0.188. The number of benzene rings is 4. The molecule has 4 aromatic carbocycles. The summed E-state index contributed by atoms with van der Waals surface area (Å²) in [5.74, 6) is 1.57. The minimum Gasteiger partial charge on any atom is -0.453 e. The van der Waals surface area contributed by atoms with Crippen molar-refractivity contribution in [1.82, 2.24) is 40.3 Å². The van der Waals surface area contributed by atoms with E-state index in [1.165, 1.54) is 19.8 Å². The van der Waals surface area contributed by atoms with Crippen LogP contribution >= 0.6 is 0 Å². The number of amides is 3. The zero-order valence-electron chi connectivity index (χ0n) is 33.5. The number of methoxy groups -OCH3 is 1. The first-order valence-corrected chi connectivity index (χ1v) is 20.2. The van der Waals surface area contributed by atoms with E-state index >= 15 is 0 Å². The summed E-state index contributed by atoms with van der Waals surface area (Å²) in [4.78, 5) is 70.9. The highest BCUT2D eigenvalue weighted by molar-refractivity contribution is 5.87. The van der Waals surface area contributed by atoms with Gasteiger partial charge < -0.3 is 29.7 Å². The Bertz CT molecular complexity index is 2440. The van der Waals surface area contributed by atoms with Crippen LogP contribution in [0.2, 0.25) is 0 Å². The smallest absolute Gasteiger partial charge is 0.407 e. The van der Waals surface area contributed by atoms with E-state index < -0.39 is 18.2 Å². The second-order valence-corrected chi connectivity index (χ2v) is 14.9. The molecule has 4 heterocycles. The third kappa shape index (κ3) is 8.76. The van der Waals surface area contributed by atoms with E-state index in [0.717, 1.165) is 78.5 Å². The molecule has 0 aliphatic carbocycles. The molecular formula is C45H47N9O6. The first kappa shape index (κ1) is 39.9. The van der Waals surface area contributed by atoms with Gasteiger partial charge in [-0.1, -0.05) is 91.0 Å². The van der Waals surface area contributed by atoms with Crippen LogP contribution in [0, 0.1) is 0 Å². The fourth-order valence-corrected chi connectivity index (χ4v) is 8.16. The van der Waals surface area contributed by atoms with Crippen LogP contribution in [-0.2, 0) is 36.9 Å². The van der Waals surface area contributed by atoms with Crippen molar-refractivity contribution in [3.8, 4) is 11.4 Å². The number of alkyl carbamates (subject to hydrolysis) is 1. The number of aromatic amines is 2. The number of carbonyl (C=O) groups is 3. The predicted octanol–water partition coefficient (Wildman–Crippen LogP) is 6.91. The summed E-state index contributed by atoms with van der Waals surface area (Å²) in [6.45, 7) is 1.14. The quantitative estimate of drug-likeness (QED) is 0.0457. The number of likely N-dealkylation sites (tertiary alicyclic amines) is 2. The molecule has 308 valence electrons. The second kappa shape index (κ2) is 18.4. The van der Waals surface area contributed by atoms with E-state index in [4.69, 9.17) is 19.6 Å². The van der Waals surface area contributed by atoms with Crippen LogP contribution in [0.4, 0.5) is 4.79 Å². The maximum Gasteiger partial charge on any atom is 0.407 e. The number of hydrogen-bond donors (Lipinski definition) is 3. The lowest BCUT2D eigenvalue weighted by Crippen LogP contribution is -2.42. The number of aryl methyl sites for hydroxylation is 2. The summed E-state index contributed by atoms with van der Waals surface area (Å²) < 4.78 is 4.82. The maximum absolute atomic E-state index is 13.9. The largest absolute Gasteiger partial charge is 0.453 e. The van der Waals surface area contributed by atoms with Crippen molar-refractivity contribution in [2.24, 2.45) is 4.99 Å². The number of carbonyl (C=O) groups excluding carboxylic acids is 3. The Balaban J connectivity index is 0.904. The maximum atomic E-state index is 13.9. The number of imidazole rings is 1. The molecule has 60 heavy (non-hydrogen) atoms. The highest BCUT2D eigenvalue weighted by atomic mass is 17.2. The molecule has 2 fully saturated rings. The van der Waals surface area contributed by atoms with Crippen LogP contribution < -0.4 is 5.32 Å². The van der Waals surface area contributed by atoms with Gasteiger partial charge in [-0.15, -0.1) is 0 Å². The molecule has 8 rings (SSSR count). The number of hydrogen-bond acceptors (Lipinski definition) is 10. The molecule has 2 saturated heterocycles. The molecule has 0 spiro atoms. The molecule has 2 aliphatic heterocycles. The Kier molecular flexibility index (Phi) is 12.2. The molecule has 6 aromatic rings. The van der Waals surface area contributed by atoms with E-state index in [9.17, 15) is 14.4 Å². The fourth-order valence-electron chi connectivity index (χ4n) is 8.16. The average molecular weight is 810 g/mol. The highest BCUT2D eigenvalue weighted by Crippen LogP contribution is 2.36. The molecule has 4 atom stereocenters. The number of rotatable bonds is 14. The van der Waals surface area contributed by atoms with E-state index in [1.54, 1.807) is 4.90 Å². The van der Waals surface area contributed by atoms with Crippen molar-refractivity contribution < 1.29 is 28.9 Å². The number of nitrogens with zero attached hydrogens (tertiary/aromatic N) is 6. The fraction of sp³-hybridized carbons (Fsp3) is 0.311. The highest BCUT2D eigenvalue weighted by Gasteiger charge is 2.38. The third-order valence-corrected chi connectivity index (χ3v) is 11.2. The zero-order valence-corrected chi connectivity index (χ0v) is 33.5. The molecular weight excluding hydrogens is 763 g/mol. The Labute approximate surface area is 347 Å². The van der Waals surface area contributed by atoms with E-state index in [-0.39, 0.29) is 23.9 Å². The Morgan fingerprint density at radius 3 is 2.15 bits per heavy atom. The van der Waals surface area contributed by atoms with Crippen LogP contribution in [0.5, 0.6) is 0 Å². The zero-order chi connectivity index (χ0) is 41.4. The Morgan fingerprint density at radius 1 is 0.800 bits per heavy atom. The Hall–Kier alpha value is -6.87. The second-order valence-electron chi connectivity index (χ2n) is 14.9. The monoisotopic (exact) mass is 809 g/mol. The first-order chi connectivity index (χ1) is 29.4. The van der Waals surface area contributed by atoms with Gasteiger partial charge in [0.15, 0.2) is 11.9 Å². The molecule has 2 aliphatic rings. The SMILES string of the molecule is COO/C=N\[C@@H](C(=O)N1CCC[C@H]1c1nc2cc(CCc3ccc(-c4n[nH]c([C@@H]5CCCN5C(=O)[C@H](NC(=O)OC)c5ccccc5)n4)cc3)ccc2[nH]1)c1ccccc1. The first-order valence-electron chi connectivity index (χ1n) is 20.2. The van der Waals surface area contributed by atoms with Crippen LogP contribution in [0.15, 0.2) is 108 Å². The van der Waals surface area contributed by atoms with Crippen molar-refractivity contribution >= 4 is 35.3 Å². The minimum atomic E-state index is -0.893. The predicted molar refractivity (Wildman–Crippen MR) is 223 cm³/mol. The van der Waals surface area contributed by atoms with Crippen LogP contribution in [0.25, 0.3) is 22.4 Å². The summed E-state index contributed by atoms with van der Waals surface area (Å²) in [7, 11) is 2.66. The molecule has 0 unspecified atom stereocenters.